The van der Waals surface area contributed by atoms with Gasteiger partial charge in [-0.1, -0.05) is 30.3 Å². The summed E-state index contributed by atoms with van der Waals surface area (Å²) in [5.41, 5.74) is -0.174. The van der Waals surface area contributed by atoms with Crippen molar-refractivity contribution in [3.63, 3.8) is 0 Å². The Bertz CT molecular complexity index is 427. The predicted molar refractivity (Wildman–Crippen MR) is 61.3 cm³/mol. The van der Waals surface area contributed by atoms with Crippen LogP contribution in [0.3, 0.4) is 0 Å². The molecule has 0 spiro atoms. The van der Waals surface area contributed by atoms with Gasteiger partial charge in [0, 0.05) is 6.08 Å². The second kappa shape index (κ2) is 5.13. The van der Waals surface area contributed by atoms with E-state index in [4.69, 9.17) is 10.00 Å². The fourth-order valence-electron chi connectivity index (χ4n) is 1.04. The Labute approximate surface area is 95.0 Å². The Morgan fingerprint density at radius 2 is 2.00 bits per heavy atom. The lowest BCUT2D eigenvalue weighted by molar-refractivity contribution is -0.145. The van der Waals surface area contributed by atoms with Gasteiger partial charge in [0.15, 0.2) is 5.60 Å². The summed E-state index contributed by atoms with van der Waals surface area (Å²) in [6.07, 6.45) is 2.96. The number of nitrogens with zero attached hydrogens (tertiary/aromatic N) is 1. The molecule has 0 aromatic heterocycles. The highest BCUT2D eigenvalue weighted by Crippen LogP contribution is 2.08. The number of rotatable bonds is 3. The van der Waals surface area contributed by atoms with E-state index >= 15 is 0 Å². The number of hydrogen-bond acceptors (Lipinski definition) is 3. The molecule has 0 heterocycles. The molecule has 0 aliphatic rings. The highest BCUT2D eigenvalue weighted by molar-refractivity contribution is 5.87. The first-order valence-corrected chi connectivity index (χ1v) is 4.91. The average molecular weight is 215 g/mol. The molecular weight excluding hydrogens is 202 g/mol. The minimum absolute atomic E-state index is 0.518. The Hall–Kier alpha value is -2.08. The molecule has 16 heavy (non-hydrogen) atoms. The number of benzene rings is 1. The lowest BCUT2D eigenvalue weighted by Crippen LogP contribution is -2.24. The Kier molecular flexibility index (Phi) is 3.84. The van der Waals surface area contributed by atoms with Crippen molar-refractivity contribution in [1.82, 2.24) is 0 Å². The van der Waals surface area contributed by atoms with Crippen LogP contribution in [0, 0.1) is 11.3 Å². The zero-order chi connectivity index (χ0) is 12.0. The van der Waals surface area contributed by atoms with Crippen LogP contribution < -0.4 is 0 Å². The summed E-state index contributed by atoms with van der Waals surface area (Å²) >= 11 is 0. The standard InChI is InChI=1S/C13H13NO2/c1-13(2,10-14)16-12(15)9-8-11-6-4-3-5-7-11/h3-9H,1-2H3. The molecule has 0 aliphatic heterocycles. The molecular formula is C13H13NO2. The second-order valence-electron chi connectivity index (χ2n) is 3.79. The van der Waals surface area contributed by atoms with Crippen molar-refractivity contribution in [2.45, 2.75) is 19.4 Å². The number of esters is 1. The molecule has 0 atom stereocenters. The number of carbonyl (C=O) groups is 1. The monoisotopic (exact) mass is 215 g/mol. The number of nitriles is 1. The normalized spacial score (nSPS) is 11.1. The molecule has 0 unspecified atom stereocenters. The molecule has 0 N–H and O–H groups in total. The zero-order valence-corrected chi connectivity index (χ0v) is 9.31. The Morgan fingerprint density at radius 1 is 1.38 bits per heavy atom. The maximum absolute atomic E-state index is 11.3. The molecule has 0 aliphatic carbocycles. The molecule has 0 radical (unpaired) electrons. The minimum Gasteiger partial charge on any atom is -0.441 e. The second-order valence-corrected chi connectivity index (χ2v) is 3.79. The van der Waals surface area contributed by atoms with Gasteiger partial charge in [0.25, 0.3) is 0 Å². The fourth-order valence-corrected chi connectivity index (χ4v) is 1.04. The summed E-state index contributed by atoms with van der Waals surface area (Å²) in [7, 11) is 0. The van der Waals surface area contributed by atoms with Gasteiger partial charge in [-0.05, 0) is 25.5 Å². The first-order chi connectivity index (χ1) is 7.53. The summed E-state index contributed by atoms with van der Waals surface area (Å²) in [6, 6.07) is 11.3. The predicted octanol–water partition coefficient (Wildman–Crippen LogP) is 2.55. The first-order valence-electron chi connectivity index (χ1n) is 4.91. The maximum atomic E-state index is 11.3. The molecule has 3 heteroatoms. The van der Waals surface area contributed by atoms with Crippen molar-refractivity contribution in [3.05, 3.63) is 42.0 Å². The largest absolute Gasteiger partial charge is 0.441 e. The van der Waals surface area contributed by atoms with E-state index in [1.807, 2.05) is 36.4 Å². The van der Waals surface area contributed by atoms with Gasteiger partial charge in [-0.25, -0.2) is 4.79 Å². The quantitative estimate of drug-likeness (QED) is 0.575. The van der Waals surface area contributed by atoms with E-state index in [0.29, 0.717) is 0 Å². The highest BCUT2D eigenvalue weighted by atomic mass is 16.6. The third kappa shape index (κ3) is 3.97. The highest BCUT2D eigenvalue weighted by Gasteiger charge is 2.20. The van der Waals surface area contributed by atoms with Crippen LogP contribution in [0.5, 0.6) is 0 Å². The van der Waals surface area contributed by atoms with E-state index in [2.05, 4.69) is 0 Å². The van der Waals surface area contributed by atoms with E-state index < -0.39 is 11.6 Å². The molecule has 1 aromatic rings. The summed E-state index contributed by atoms with van der Waals surface area (Å²) in [5.74, 6) is -0.518. The number of carbonyl (C=O) groups excluding carboxylic acids is 1. The van der Waals surface area contributed by atoms with Crippen LogP contribution >= 0.6 is 0 Å². The Balaban J connectivity index is 2.60. The Morgan fingerprint density at radius 3 is 2.56 bits per heavy atom. The van der Waals surface area contributed by atoms with Crippen molar-refractivity contribution in [2.75, 3.05) is 0 Å². The van der Waals surface area contributed by atoms with Gasteiger partial charge in [0.1, 0.15) is 6.07 Å². The SMILES string of the molecule is CC(C)(C#N)OC(=O)C=Cc1ccccc1. The van der Waals surface area contributed by atoms with Crippen molar-refractivity contribution >= 4 is 12.0 Å². The lowest BCUT2D eigenvalue weighted by atomic mass is 10.2. The maximum Gasteiger partial charge on any atom is 0.332 e. The molecule has 82 valence electrons. The van der Waals surface area contributed by atoms with E-state index in [1.165, 1.54) is 6.08 Å². The molecule has 3 nitrogen and oxygen atoms in total. The van der Waals surface area contributed by atoms with Gasteiger partial charge in [0.2, 0.25) is 0 Å². The summed E-state index contributed by atoms with van der Waals surface area (Å²) < 4.78 is 4.92. The molecule has 0 saturated carbocycles. The minimum atomic E-state index is -1.09. The fraction of sp³-hybridized carbons (Fsp3) is 0.231. The van der Waals surface area contributed by atoms with Gasteiger partial charge in [-0.15, -0.1) is 0 Å². The van der Waals surface area contributed by atoms with Gasteiger partial charge < -0.3 is 4.74 Å². The third-order valence-electron chi connectivity index (χ3n) is 1.84. The lowest BCUT2D eigenvalue weighted by Gasteiger charge is -2.14. The molecule has 0 amide bonds. The first kappa shape index (κ1) is 12.0. The van der Waals surface area contributed by atoms with Crippen LogP contribution in [0.4, 0.5) is 0 Å². The molecule has 0 saturated heterocycles. The van der Waals surface area contributed by atoms with E-state index in [-0.39, 0.29) is 0 Å². The van der Waals surface area contributed by atoms with Crippen molar-refractivity contribution < 1.29 is 9.53 Å². The van der Waals surface area contributed by atoms with Crippen molar-refractivity contribution in [2.24, 2.45) is 0 Å². The van der Waals surface area contributed by atoms with Crippen LogP contribution in [0.25, 0.3) is 6.08 Å². The molecule has 1 rings (SSSR count). The molecule has 0 fully saturated rings. The van der Waals surface area contributed by atoms with Crippen LogP contribution in [0.1, 0.15) is 19.4 Å². The number of hydrogen-bond donors (Lipinski definition) is 0. The molecule has 1 aromatic carbocycles. The summed E-state index contributed by atoms with van der Waals surface area (Å²) in [4.78, 5) is 11.3. The van der Waals surface area contributed by atoms with Crippen LogP contribution in [-0.2, 0) is 9.53 Å². The van der Waals surface area contributed by atoms with Gasteiger partial charge >= 0.3 is 5.97 Å². The van der Waals surface area contributed by atoms with Gasteiger partial charge in [-0.3, -0.25) is 0 Å². The van der Waals surface area contributed by atoms with E-state index in [1.54, 1.807) is 19.9 Å². The van der Waals surface area contributed by atoms with Gasteiger partial charge in [0.05, 0.1) is 0 Å². The smallest absolute Gasteiger partial charge is 0.332 e. The molecule has 0 bridgehead atoms. The van der Waals surface area contributed by atoms with Crippen LogP contribution in [-0.4, -0.2) is 11.6 Å². The van der Waals surface area contributed by atoms with Crippen LogP contribution in [0.2, 0.25) is 0 Å². The van der Waals surface area contributed by atoms with Crippen molar-refractivity contribution in [3.8, 4) is 6.07 Å². The van der Waals surface area contributed by atoms with E-state index in [9.17, 15) is 4.79 Å². The van der Waals surface area contributed by atoms with Crippen LogP contribution in [0.15, 0.2) is 36.4 Å². The topological polar surface area (TPSA) is 50.1 Å². The van der Waals surface area contributed by atoms with Crippen molar-refractivity contribution in [1.29, 1.82) is 5.26 Å². The zero-order valence-electron chi connectivity index (χ0n) is 9.31. The third-order valence-corrected chi connectivity index (χ3v) is 1.84. The summed E-state index contributed by atoms with van der Waals surface area (Å²) in [5, 5.41) is 8.68. The number of ether oxygens (including phenoxy) is 1. The summed E-state index contributed by atoms with van der Waals surface area (Å²) in [6.45, 7) is 3.09. The van der Waals surface area contributed by atoms with E-state index in [0.717, 1.165) is 5.56 Å². The van der Waals surface area contributed by atoms with Gasteiger partial charge in [-0.2, -0.15) is 5.26 Å². The average Bonchev–Trinajstić information content (AvgIpc) is 2.27.